The van der Waals surface area contributed by atoms with Crippen LogP contribution in [0.1, 0.15) is 71.9 Å². The number of piperidine rings is 2. The molecule has 2 amide bonds. The number of piperazine rings is 1. The molecule has 0 unspecified atom stereocenters. The summed E-state index contributed by atoms with van der Waals surface area (Å²) in [5, 5.41) is 12.3. The molecule has 0 radical (unpaired) electrons. The highest BCUT2D eigenvalue weighted by atomic mass is 35.5. The van der Waals surface area contributed by atoms with Crippen molar-refractivity contribution < 1.29 is 14.7 Å². The van der Waals surface area contributed by atoms with Crippen molar-refractivity contribution in [1.29, 1.82) is 0 Å². The van der Waals surface area contributed by atoms with E-state index in [2.05, 4.69) is 36.9 Å². The van der Waals surface area contributed by atoms with Crippen LogP contribution in [0.3, 0.4) is 0 Å². The number of nitrogens with two attached hydrogens (primary N) is 1. The van der Waals surface area contributed by atoms with Crippen LogP contribution in [0.25, 0.3) is 0 Å². The smallest absolute Gasteiger partial charge is 0.273 e. The summed E-state index contributed by atoms with van der Waals surface area (Å²) < 4.78 is 0. The Morgan fingerprint density at radius 1 is 1.05 bits per heavy atom. The fraction of sp³-hybridized carbons (Fsp3) is 0.613. The van der Waals surface area contributed by atoms with Crippen LogP contribution in [0.4, 0.5) is 11.6 Å². The molecule has 3 fully saturated rings. The lowest BCUT2D eigenvalue weighted by atomic mass is 9.97. The van der Waals surface area contributed by atoms with Gasteiger partial charge < -0.3 is 26.0 Å². The number of anilines is 2. The van der Waals surface area contributed by atoms with Crippen LogP contribution in [-0.2, 0) is 6.54 Å². The molecule has 3 saturated heterocycles. The Hall–Kier alpha value is -2.70. The molecule has 0 spiro atoms. The van der Waals surface area contributed by atoms with Gasteiger partial charge in [0.15, 0.2) is 22.5 Å². The molecule has 11 nitrogen and oxygen atoms in total. The lowest BCUT2D eigenvalue weighted by Crippen LogP contribution is -2.58. The van der Waals surface area contributed by atoms with E-state index in [-0.39, 0.29) is 35.7 Å². The van der Waals surface area contributed by atoms with Gasteiger partial charge >= 0.3 is 0 Å². The maximum absolute atomic E-state index is 13.4. The first-order valence-electron chi connectivity index (χ1n) is 15.8. The number of hydrogen-bond acceptors (Lipinski definition) is 9. The Morgan fingerprint density at radius 2 is 1.80 bits per heavy atom. The third kappa shape index (κ3) is 7.56. The van der Waals surface area contributed by atoms with Gasteiger partial charge in [-0.25, -0.2) is 9.97 Å². The molecule has 5 rings (SSSR count). The lowest BCUT2D eigenvalue weighted by Gasteiger charge is -2.47. The normalized spacial score (nSPS) is 20.6. The summed E-state index contributed by atoms with van der Waals surface area (Å²) >= 11 is 12.8. The van der Waals surface area contributed by atoms with Crippen LogP contribution in [0, 0.1) is 0 Å². The number of benzene rings is 1. The second-order valence-electron chi connectivity index (χ2n) is 12.0. The molecule has 3 aliphatic rings. The van der Waals surface area contributed by atoms with E-state index in [1.165, 1.54) is 6.42 Å². The second-order valence-corrected chi connectivity index (χ2v) is 12.8. The molecule has 0 saturated carbocycles. The van der Waals surface area contributed by atoms with Crippen molar-refractivity contribution >= 4 is 46.7 Å². The third-order valence-electron chi connectivity index (χ3n) is 9.14. The number of halogens is 2. The van der Waals surface area contributed by atoms with E-state index in [0.29, 0.717) is 22.9 Å². The first-order valence-corrected chi connectivity index (χ1v) is 16.6. The Balaban J connectivity index is 1.19. The zero-order chi connectivity index (χ0) is 31.2. The lowest BCUT2D eigenvalue weighted by molar-refractivity contribution is 0.0605. The van der Waals surface area contributed by atoms with Crippen LogP contribution < -0.4 is 16.0 Å². The van der Waals surface area contributed by atoms with E-state index in [9.17, 15) is 9.59 Å². The van der Waals surface area contributed by atoms with Crippen molar-refractivity contribution in [2.24, 2.45) is 0 Å². The number of hydrogen-bond donors (Lipinski definition) is 3. The maximum Gasteiger partial charge on any atom is 0.273 e. The Kier molecular flexibility index (Phi) is 11.2. The number of aliphatic hydroxyl groups excluding tert-OH is 1. The van der Waals surface area contributed by atoms with Crippen LogP contribution in [-0.4, -0.2) is 113 Å². The van der Waals surface area contributed by atoms with E-state index in [1.54, 1.807) is 0 Å². The van der Waals surface area contributed by atoms with Gasteiger partial charge in [0.2, 0.25) is 0 Å². The molecule has 0 aliphatic carbocycles. The van der Waals surface area contributed by atoms with Gasteiger partial charge in [0.05, 0.1) is 6.61 Å². The van der Waals surface area contributed by atoms with Crippen LogP contribution >= 0.6 is 23.2 Å². The highest BCUT2D eigenvalue weighted by Crippen LogP contribution is 2.30. The Bertz CT molecular complexity index is 1320. The van der Waals surface area contributed by atoms with Crippen LogP contribution in [0.15, 0.2) is 18.2 Å². The molecule has 4 N–H and O–H groups in total. The van der Waals surface area contributed by atoms with Crippen molar-refractivity contribution in [1.82, 2.24) is 30.0 Å². The molecule has 240 valence electrons. The number of rotatable bonds is 9. The summed E-state index contributed by atoms with van der Waals surface area (Å²) in [6.07, 6.45) is 6.41. The number of amides is 2. The van der Waals surface area contributed by atoms with Crippen molar-refractivity contribution in [3.8, 4) is 0 Å². The molecule has 1 atom stereocenters. The largest absolute Gasteiger partial charge is 0.395 e. The molecule has 13 heteroatoms. The molecular weight excluding hydrogens is 603 g/mol. The summed E-state index contributed by atoms with van der Waals surface area (Å²) in [7, 11) is 0. The molecule has 4 heterocycles. The number of nitrogens with zero attached hydrogens (tertiary/aromatic N) is 6. The summed E-state index contributed by atoms with van der Waals surface area (Å²) in [6, 6.07) is 6.55. The zero-order valence-corrected chi connectivity index (χ0v) is 27.0. The van der Waals surface area contributed by atoms with Gasteiger partial charge in [-0.1, -0.05) is 36.2 Å². The minimum Gasteiger partial charge on any atom is -0.395 e. The van der Waals surface area contributed by atoms with Crippen molar-refractivity contribution in [3.63, 3.8) is 0 Å². The maximum atomic E-state index is 13.4. The van der Waals surface area contributed by atoms with Gasteiger partial charge in [0.25, 0.3) is 11.8 Å². The quantitative estimate of drug-likeness (QED) is 0.376. The highest BCUT2D eigenvalue weighted by molar-refractivity contribution is 6.32. The SMILES string of the molecule is CC[C@H]1CN(c2nc(N)c(C(=O)NCCO)nc2Cl)CCN1C1CCN(Cc2ccc(Cl)cc2C(=O)N2CCCCC2)CC1. The van der Waals surface area contributed by atoms with Gasteiger partial charge in [-0.15, -0.1) is 0 Å². The summed E-state index contributed by atoms with van der Waals surface area (Å²) in [4.78, 5) is 43.6. The van der Waals surface area contributed by atoms with Crippen LogP contribution in [0.2, 0.25) is 10.2 Å². The summed E-state index contributed by atoms with van der Waals surface area (Å²) in [5.74, 6) is 0.103. The van der Waals surface area contributed by atoms with Crippen molar-refractivity contribution in [2.75, 3.05) is 69.6 Å². The number of aromatic nitrogens is 2. The first kappa shape index (κ1) is 32.7. The number of nitrogen functional groups attached to an aromatic ring is 1. The fourth-order valence-electron chi connectivity index (χ4n) is 6.75. The van der Waals surface area contributed by atoms with Gasteiger partial charge in [0, 0.05) is 68.5 Å². The van der Waals surface area contributed by atoms with Gasteiger partial charge in [-0.3, -0.25) is 19.4 Å². The van der Waals surface area contributed by atoms with Gasteiger partial charge in [-0.2, -0.15) is 0 Å². The summed E-state index contributed by atoms with van der Waals surface area (Å²) in [6.45, 7) is 8.78. The molecule has 3 aliphatic heterocycles. The zero-order valence-electron chi connectivity index (χ0n) is 25.5. The monoisotopic (exact) mass is 646 g/mol. The standard InChI is InChI=1S/C31H44Cl2N8O3/c1-2-23-20-40(29-27(33)36-26(28(34)37-29)30(43)35-10-17-42)15-16-41(23)24-8-13-38(14-9-24)19-21-6-7-22(32)18-25(21)31(44)39-11-4-3-5-12-39/h6-7,18,23-24,42H,2-5,8-17,19-20H2,1H3,(H2,34,37)(H,35,43)/t23-/m0/s1. The second kappa shape index (κ2) is 15.1. The van der Waals surface area contributed by atoms with Crippen molar-refractivity contribution in [2.45, 2.75) is 64.1 Å². The Morgan fingerprint density at radius 3 is 2.50 bits per heavy atom. The third-order valence-corrected chi connectivity index (χ3v) is 9.63. The van der Waals surface area contributed by atoms with E-state index in [1.807, 2.05) is 23.1 Å². The average molecular weight is 648 g/mol. The van der Waals surface area contributed by atoms with E-state index >= 15 is 0 Å². The summed E-state index contributed by atoms with van der Waals surface area (Å²) in [5.41, 5.74) is 7.85. The predicted octanol–water partition coefficient (Wildman–Crippen LogP) is 3.28. The average Bonchev–Trinajstić information content (AvgIpc) is 3.05. The number of carbonyl (C=O) groups excluding carboxylic acids is 2. The predicted molar refractivity (Wildman–Crippen MR) is 173 cm³/mol. The number of carbonyl (C=O) groups is 2. The Labute approximate surface area is 269 Å². The minimum absolute atomic E-state index is 0.0177. The number of nitrogens with one attached hydrogen (secondary N) is 1. The molecular formula is C31H44Cl2N8O3. The van der Waals surface area contributed by atoms with E-state index < -0.39 is 5.91 Å². The molecule has 2 aromatic rings. The fourth-order valence-corrected chi connectivity index (χ4v) is 7.17. The number of aliphatic hydroxyl groups is 1. The van der Waals surface area contributed by atoms with Gasteiger partial charge in [-0.05, 0) is 69.3 Å². The minimum atomic E-state index is -0.513. The topological polar surface area (TPSA) is 131 Å². The molecule has 44 heavy (non-hydrogen) atoms. The highest BCUT2D eigenvalue weighted by Gasteiger charge is 2.35. The van der Waals surface area contributed by atoms with E-state index in [4.69, 9.17) is 34.0 Å². The van der Waals surface area contributed by atoms with Crippen LogP contribution in [0.5, 0.6) is 0 Å². The molecule has 1 aromatic carbocycles. The molecule has 0 bridgehead atoms. The van der Waals surface area contributed by atoms with Gasteiger partial charge in [0.1, 0.15) is 0 Å². The van der Waals surface area contributed by atoms with E-state index in [0.717, 1.165) is 95.6 Å². The van der Waals surface area contributed by atoms with Crippen molar-refractivity contribution in [3.05, 3.63) is 45.2 Å². The first-order chi connectivity index (χ1) is 21.3. The molecule has 1 aromatic heterocycles. The number of likely N-dealkylation sites (tertiary alicyclic amines) is 2.